The first-order chi connectivity index (χ1) is 15.0. The molecule has 0 bridgehead atoms. The summed E-state index contributed by atoms with van der Waals surface area (Å²) < 4.78 is 47.9. The van der Waals surface area contributed by atoms with Gasteiger partial charge in [-0.1, -0.05) is 18.2 Å². The molecular weight excluding hydrogens is 397 g/mol. The third-order valence-corrected chi connectivity index (χ3v) is 7.68. The number of aryl methyl sites for hydroxylation is 1. The van der Waals surface area contributed by atoms with Gasteiger partial charge in [0, 0.05) is 0 Å². The second kappa shape index (κ2) is 9.67. The molecular formula is C27H33F3O. The fraction of sp³-hybridized carbons (Fsp3) is 0.556. The van der Waals surface area contributed by atoms with Crippen molar-refractivity contribution in [2.45, 2.75) is 77.0 Å². The van der Waals surface area contributed by atoms with Crippen LogP contribution in [0.1, 0.15) is 86.8 Å². The molecule has 168 valence electrons. The minimum absolute atomic E-state index is 0.134. The van der Waals surface area contributed by atoms with Crippen molar-refractivity contribution in [3.8, 4) is 5.75 Å². The second-order valence-corrected chi connectivity index (χ2v) is 9.45. The summed E-state index contributed by atoms with van der Waals surface area (Å²) in [5, 5.41) is 0. The number of benzene rings is 2. The molecule has 31 heavy (non-hydrogen) atoms. The van der Waals surface area contributed by atoms with Crippen LogP contribution < -0.4 is 4.74 Å². The zero-order valence-electron chi connectivity index (χ0n) is 18.6. The van der Waals surface area contributed by atoms with Gasteiger partial charge in [0.1, 0.15) is 0 Å². The first kappa shape index (κ1) is 22.2. The molecule has 1 nitrogen and oxygen atoms in total. The van der Waals surface area contributed by atoms with E-state index in [0.29, 0.717) is 41.2 Å². The van der Waals surface area contributed by atoms with Gasteiger partial charge in [0.15, 0.2) is 23.2 Å². The van der Waals surface area contributed by atoms with Gasteiger partial charge in [0.2, 0.25) is 0 Å². The van der Waals surface area contributed by atoms with E-state index in [4.69, 9.17) is 4.74 Å². The highest BCUT2D eigenvalue weighted by Gasteiger charge is 2.33. The van der Waals surface area contributed by atoms with Crippen molar-refractivity contribution >= 4 is 0 Å². The van der Waals surface area contributed by atoms with E-state index >= 15 is 0 Å². The summed E-state index contributed by atoms with van der Waals surface area (Å²) in [6.45, 7) is 3.93. The third kappa shape index (κ3) is 4.78. The van der Waals surface area contributed by atoms with Crippen molar-refractivity contribution in [2.75, 3.05) is 6.61 Å². The summed E-state index contributed by atoms with van der Waals surface area (Å²) in [7, 11) is 0. The number of rotatable bonds is 5. The van der Waals surface area contributed by atoms with Crippen LogP contribution >= 0.6 is 0 Å². The molecule has 2 aromatic rings. The van der Waals surface area contributed by atoms with E-state index in [1.165, 1.54) is 12.8 Å². The van der Waals surface area contributed by atoms with Crippen molar-refractivity contribution in [1.29, 1.82) is 0 Å². The maximum Gasteiger partial charge on any atom is 0.165 e. The van der Waals surface area contributed by atoms with Gasteiger partial charge in [-0.25, -0.2) is 13.2 Å². The molecule has 4 heteroatoms. The van der Waals surface area contributed by atoms with Crippen LogP contribution in [-0.4, -0.2) is 6.61 Å². The van der Waals surface area contributed by atoms with Crippen molar-refractivity contribution < 1.29 is 17.9 Å². The Balaban J connectivity index is 1.31. The average molecular weight is 431 g/mol. The minimum atomic E-state index is -0.691. The van der Waals surface area contributed by atoms with Crippen LogP contribution in [0.25, 0.3) is 0 Å². The predicted molar refractivity (Wildman–Crippen MR) is 118 cm³/mol. The zero-order chi connectivity index (χ0) is 22.0. The van der Waals surface area contributed by atoms with Gasteiger partial charge in [-0.15, -0.1) is 0 Å². The lowest BCUT2D eigenvalue weighted by molar-refractivity contribution is 0.176. The highest BCUT2D eigenvalue weighted by Crippen LogP contribution is 2.46. The third-order valence-electron chi connectivity index (χ3n) is 7.68. The maximum atomic E-state index is 14.4. The summed E-state index contributed by atoms with van der Waals surface area (Å²) in [5.41, 5.74) is 2.02. The molecule has 0 heterocycles. The molecule has 2 saturated carbocycles. The van der Waals surface area contributed by atoms with Gasteiger partial charge < -0.3 is 4.74 Å². The molecule has 4 rings (SSSR count). The molecule has 0 atom stereocenters. The monoisotopic (exact) mass is 430 g/mol. The molecule has 2 fully saturated rings. The van der Waals surface area contributed by atoms with Crippen molar-refractivity contribution in [1.82, 2.24) is 0 Å². The average Bonchev–Trinajstić information content (AvgIpc) is 2.79. The summed E-state index contributed by atoms with van der Waals surface area (Å²) in [5.74, 6) is 0.658. The molecule has 2 aliphatic carbocycles. The fourth-order valence-electron chi connectivity index (χ4n) is 5.85. The number of hydrogen-bond donors (Lipinski definition) is 0. The van der Waals surface area contributed by atoms with Crippen LogP contribution in [0.2, 0.25) is 0 Å². The summed E-state index contributed by atoms with van der Waals surface area (Å²) in [4.78, 5) is 0. The minimum Gasteiger partial charge on any atom is -0.491 e. The summed E-state index contributed by atoms with van der Waals surface area (Å²) >= 11 is 0. The van der Waals surface area contributed by atoms with Crippen LogP contribution in [0.4, 0.5) is 13.2 Å². The molecule has 0 aliphatic heterocycles. The van der Waals surface area contributed by atoms with E-state index in [9.17, 15) is 13.2 Å². The van der Waals surface area contributed by atoms with E-state index in [-0.39, 0.29) is 11.7 Å². The Labute approximate surface area is 184 Å². The van der Waals surface area contributed by atoms with Crippen LogP contribution in [0, 0.1) is 36.2 Å². The zero-order valence-corrected chi connectivity index (χ0v) is 18.6. The van der Waals surface area contributed by atoms with Crippen LogP contribution in [-0.2, 0) is 0 Å². The van der Waals surface area contributed by atoms with E-state index in [2.05, 4.69) is 0 Å². The Morgan fingerprint density at radius 2 is 1.39 bits per heavy atom. The van der Waals surface area contributed by atoms with E-state index < -0.39 is 11.6 Å². The lowest BCUT2D eigenvalue weighted by Gasteiger charge is -2.38. The highest BCUT2D eigenvalue weighted by molar-refractivity contribution is 5.32. The van der Waals surface area contributed by atoms with Crippen molar-refractivity contribution in [2.24, 2.45) is 11.8 Å². The standard InChI is InChI=1S/C27H33F3O/c1-3-31-25-15-13-22(16-24(25)28)20-7-5-18(6-8-20)19-9-11-21(12-10-19)23-14-4-17(2)26(29)27(23)30/h4,13-16,18-21H,3,5-12H2,1-2H3. The first-order valence-corrected chi connectivity index (χ1v) is 11.8. The second-order valence-electron chi connectivity index (χ2n) is 9.45. The number of halogens is 3. The topological polar surface area (TPSA) is 9.23 Å². The molecule has 0 amide bonds. The Bertz CT molecular complexity index is 894. The Morgan fingerprint density at radius 1 is 0.774 bits per heavy atom. The summed E-state index contributed by atoms with van der Waals surface area (Å²) in [6.07, 6.45) is 8.58. The van der Waals surface area contributed by atoms with Crippen molar-refractivity contribution in [3.63, 3.8) is 0 Å². The van der Waals surface area contributed by atoms with Gasteiger partial charge in [-0.05, 0) is 118 Å². The Morgan fingerprint density at radius 3 is 1.97 bits per heavy atom. The molecule has 2 aliphatic rings. The van der Waals surface area contributed by atoms with Gasteiger partial charge in [0.25, 0.3) is 0 Å². The SMILES string of the molecule is CCOc1ccc(C2CCC(C3CCC(c4ccc(C)c(F)c4F)CC3)CC2)cc1F. The van der Waals surface area contributed by atoms with Crippen LogP contribution in [0.5, 0.6) is 5.75 Å². The number of ether oxygens (including phenoxy) is 1. The Kier molecular flexibility index (Phi) is 6.93. The number of hydrogen-bond acceptors (Lipinski definition) is 1. The molecule has 0 unspecified atom stereocenters. The molecule has 0 aromatic heterocycles. The molecule has 0 saturated heterocycles. The Hall–Kier alpha value is -1.97. The van der Waals surface area contributed by atoms with Crippen molar-refractivity contribution in [3.05, 3.63) is 64.5 Å². The predicted octanol–water partition coefficient (Wildman–Crippen LogP) is 8.06. The normalized spacial score (nSPS) is 26.6. The highest BCUT2D eigenvalue weighted by atomic mass is 19.2. The smallest absolute Gasteiger partial charge is 0.165 e. The first-order valence-electron chi connectivity index (χ1n) is 11.8. The van der Waals surface area contributed by atoms with Gasteiger partial charge in [-0.3, -0.25) is 0 Å². The lowest BCUT2D eigenvalue weighted by atomic mass is 9.67. The van der Waals surface area contributed by atoms with Gasteiger partial charge in [0.05, 0.1) is 6.61 Å². The molecule has 2 aromatic carbocycles. The van der Waals surface area contributed by atoms with E-state index in [1.54, 1.807) is 31.2 Å². The van der Waals surface area contributed by atoms with E-state index in [1.807, 2.05) is 13.0 Å². The molecule has 0 N–H and O–H groups in total. The molecule has 0 spiro atoms. The largest absolute Gasteiger partial charge is 0.491 e. The summed E-state index contributed by atoms with van der Waals surface area (Å²) in [6, 6.07) is 8.90. The maximum absolute atomic E-state index is 14.4. The van der Waals surface area contributed by atoms with Gasteiger partial charge >= 0.3 is 0 Å². The lowest BCUT2D eigenvalue weighted by Crippen LogP contribution is -2.25. The quantitative estimate of drug-likeness (QED) is 0.466. The van der Waals surface area contributed by atoms with Crippen LogP contribution in [0.3, 0.4) is 0 Å². The molecule has 0 radical (unpaired) electrons. The van der Waals surface area contributed by atoms with Gasteiger partial charge in [-0.2, -0.15) is 0 Å². The van der Waals surface area contributed by atoms with E-state index in [0.717, 1.165) is 44.1 Å². The van der Waals surface area contributed by atoms with Crippen LogP contribution in [0.15, 0.2) is 30.3 Å². The fourth-order valence-corrected chi connectivity index (χ4v) is 5.85.